The zero-order chi connectivity index (χ0) is 19.4. The maximum atomic E-state index is 12.6. The Labute approximate surface area is 172 Å². The minimum atomic E-state index is -0.250. The van der Waals surface area contributed by atoms with Crippen LogP contribution in [0, 0.1) is 6.92 Å². The second kappa shape index (κ2) is 9.53. The van der Waals surface area contributed by atoms with Crippen LogP contribution in [-0.4, -0.2) is 22.2 Å². The number of hydrogen-bond donors (Lipinski definition) is 2. The van der Waals surface area contributed by atoms with E-state index in [-0.39, 0.29) is 24.4 Å². The molecule has 0 aliphatic rings. The highest BCUT2D eigenvalue weighted by Gasteiger charge is 2.16. The highest BCUT2D eigenvalue weighted by atomic mass is 35.5. The maximum Gasteiger partial charge on any atom is 0.254 e. The Bertz CT molecular complexity index is 904. The number of amides is 1. The SMILES string of the molecule is Cc1c(C(=O)NCC(N)c2ccc(C(C)C)cc2)cnn1-c1ccccc1.Cl. The van der Waals surface area contributed by atoms with Gasteiger partial charge in [-0.25, -0.2) is 4.68 Å². The largest absolute Gasteiger partial charge is 0.350 e. The van der Waals surface area contributed by atoms with Crippen LogP contribution in [0.3, 0.4) is 0 Å². The van der Waals surface area contributed by atoms with Gasteiger partial charge in [-0.1, -0.05) is 56.3 Å². The van der Waals surface area contributed by atoms with Crippen molar-refractivity contribution in [1.29, 1.82) is 0 Å². The van der Waals surface area contributed by atoms with Gasteiger partial charge in [-0.05, 0) is 36.1 Å². The van der Waals surface area contributed by atoms with Crippen molar-refractivity contribution in [2.24, 2.45) is 5.73 Å². The molecule has 5 nitrogen and oxygen atoms in total. The maximum absolute atomic E-state index is 12.6. The van der Waals surface area contributed by atoms with Gasteiger partial charge < -0.3 is 11.1 Å². The summed E-state index contributed by atoms with van der Waals surface area (Å²) in [7, 11) is 0. The van der Waals surface area contributed by atoms with Crippen molar-refractivity contribution in [3.05, 3.63) is 83.2 Å². The Balaban J connectivity index is 0.00000280. The monoisotopic (exact) mass is 398 g/mol. The van der Waals surface area contributed by atoms with Crippen molar-refractivity contribution < 1.29 is 4.79 Å². The lowest BCUT2D eigenvalue weighted by atomic mass is 9.99. The van der Waals surface area contributed by atoms with Gasteiger partial charge in [0.2, 0.25) is 0 Å². The highest BCUT2D eigenvalue weighted by Crippen LogP contribution is 2.18. The molecular weight excluding hydrogens is 372 g/mol. The standard InChI is InChI=1S/C22H26N4O.ClH/c1-15(2)17-9-11-18(12-10-17)21(23)14-24-22(27)20-13-25-26(16(20)3)19-7-5-4-6-8-19;/h4-13,15,21H,14,23H2,1-3H3,(H,24,27);1H. The lowest BCUT2D eigenvalue weighted by Crippen LogP contribution is -2.32. The van der Waals surface area contributed by atoms with Crippen LogP contribution in [0.4, 0.5) is 0 Å². The van der Waals surface area contributed by atoms with E-state index in [2.05, 4.69) is 36.4 Å². The molecule has 1 unspecified atom stereocenters. The number of nitrogens with zero attached hydrogens (tertiary/aromatic N) is 2. The van der Waals surface area contributed by atoms with E-state index >= 15 is 0 Å². The molecule has 0 bridgehead atoms. The number of carbonyl (C=O) groups excluding carboxylic acids is 1. The third-order valence-electron chi connectivity index (χ3n) is 4.77. The summed E-state index contributed by atoms with van der Waals surface area (Å²) in [6.45, 7) is 6.58. The van der Waals surface area contributed by atoms with Gasteiger partial charge in [0.25, 0.3) is 5.91 Å². The number of benzene rings is 2. The van der Waals surface area contributed by atoms with Gasteiger partial charge in [0.15, 0.2) is 0 Å². The number of para-hydroxylation sites is 1. The Morgan fingerprint density at radius 2 is 1.68 bits per heavy atom. The summed E-state index contributed by atoms with van der Waals surface area (Å²) in [5, 5.41) is 7.27. The smallest absolute Gasteiger partial charge is 0.254 e. The molecule has 0 saturated heterocycles. The predicted molar refractivity (Wildman–Crippen MR) is 115 cm³/mol. The number of nitrogens with two attached hydrogens (primary N) is 1. The minimum Gasteiger partial charge on any atom is -0.350 e. The van der Waals surface area contributed by atoms with E-state index in [0.29, 0.717) is 18.0 Å². The van der Waals surface area contributed by atoms with Crippen LogP contribution in [0.25, 0.3) is 5.69 Å². The van der Waals surface area contributed by atoms with Crippen LogP contribution >= 0.6 is 12.4 Å². The molecule has 3 rings (SSSR count). The molecule has 1 amide bonds. The van der Waals surface area contributed by atoms with E-state index in [1.807, 2.05) is 49.4 Å². The van der Waals surface area contributed by atoms with Crippen molar-refractivity contribution >= 4 is 18.3 Å². The molecule has 0 fully saturated rings. The van der Waals surface area contributed by atoms with Crippen molar-refractivity contribution in [3.63, 3.8) is 0 Å². The van der Waals surface area contributed by atoms with Crippen LogP contribution in [-0.2, 0) is 0 Å². The Hall–Kier alpha value is -2.63. The fourth-order valence-corrected chi connectivity index (χ4v) is 3.01. The van der Waals surface area contributed by atoms with Crippen LogP contribution in [0.2, 0.25) is 0 Å². The lowest BCUT2D eigenvalue weighted by Gasteiger charge is -2.14. The second-order valence-corrected chi connectivity index (χ2v) is 7.03. The summed E-state index contributed by atoms with van der Waals surface area (Å²) < 4.78 is 1.76. The summed E-state index contributed by atoms with van der Waals surface area (Å²) in [4.78, 5) is 12.6. The third-order valence-corrected chi connectivity index (χ3v) is 4.77. The molecule has 28 heavy (non-hydrogen) atoms. The van der Waals surface area contributed by atoms with Gasteiger partial charge in [0.05, 0.1) is 23.1 Å². The molecule has 3 N–H and O–H groups in total. The normalized spacial score (nSPS) is 11.8. The molecule has 0 saturated carbocycles. The van der Waals surface area contributed by atoms with Crippen LogP contribution in [0.1, 0.15) is 53.0 Å². The zero-order valence-electron chi connectivity index (χ0n) is 16.4. The predicted octanol–water partition coefficient (Wildman–Crippen LogP) is 4.16. The molecule has 148 valence electrons. The van der Waals surface area contributed by atoms with Crippen LogP contribution in [0.15, 0.2) is 60.8 Å². The fourth-order valence-electron chi connectivity index (χ4n) is 3.01. The van der Waals surface area contributed by atoms with E-state index in [1.165, 1.54) is 5.56 Å². The number of aromatic nitrogens is 2. The first-order chi connectivity index (χ1) is 13.0. The average Bonchev–Trinajstić information content (AvgIpc) is 3.08. The third kappa shape index (κ3) is 4.80. The van der Waals surface area contributed by atoms with E-state index in [0.717, 1.165) is 16.9 Å². The minimum absolute atomic E-state index is 0. The molecule has 0 aliphatic carbocycles. The van der Waals surface area contributed by atoms with E-state index in [1.54, 1.807) is 10.9 Å². The molecule has 1 heterocycles. The number of nitrogens with one attached hydrogen (secondary N) is 1. The average molecular weight is 399 g/mol. The second-order valence-electron chi connectivity index (χ2n) is 7.03. The lowest BCUT2D eigenvalue weighted by molar-refractivity contribution is 0.0950. The van der Waals surface area contributed by atoms with Gasteiger partial charge in [0, 0.05) is 12.6 Å². The number of carbonyl (C=O) groups is 1. The fraction of sp³-hybridized carbons (Fsp3) is 0.273. The molecular formula is C22H27ClN4O. The zero-order valence-corrected chi connectivity index (χ0v) is 17.2. The first-order valence-corrected chi connectivity index (χ1v) is 9.21. The quantitative estimate of drug-likeness (QED) is 0.654. The van der Waals surface area contributed by atoms with Crippen molar-refractivity contribution in [1.82, 2.24) is 15.1 Å². The molecule has 6 heteroatoms. The molecule has 0 aliphatic heterocycles. The van der Waals surface area contributed by atoms with Gasteiger partial charge in [-0.3, -0.25) is 4.79 Å². The molecule has 0 spiro atoms. The molecule has 1 aromatic heterocycles. The van der Waals surface area contributed by atoms with Gasteiger partial charge in [0.1, 0.15) is 0 Å². The van der Waals surface area contributed by atoms with Gasteiger partial charge >= 0.3 is 0 Å². The van der Waals surface area contributed by atoms with E-state index in [9.17, 15) is 4.79 Å². The highest BCUT2D eigenvalue weighted by molar-refractivity contribution is 5.95. The topological polar surface area (TPSA) is 72.9 Å². The summed E-state index contributed by atoms with van der Waals surface area (Å²) in [5.74, 6) is 0.322. The summed E-state index contributed by atoms with van der Waals surface area (Å²) in [6, 6.07) is 17.8. The molecule has 1 atom stereocenters. The Morgan fingerprint density at radius 1 is 1.07 bits per heavy atom. The summed E-state index contributed by atoms with van der Waals surface area (Å²) >= 11 is 0. The molecule has 2 aromatic carbocycles. The Kier molecular flexibility index (Phi) is 7.38. The first-order valence-electron chi connectivity index (χ1n) is 9.21. The Morgan fingerprint density at radius 3 is 2.29 bits per heavy atom. The van der Waals surface area contributed by atoms with Crippen molar-refractivity contribution in [2.45, 2.75) is 32.7 Å². The summed E-state index contributed by atoms with van der Waals surface area (Å²) in [5.41, 5.74) is 10.8. The molecule has 3 aromatic rings. The number of hydrogen-bond acceptors (Lipinski definition) is 3. The molecule has 0 radical (unpaired) electrons. The summed E-state index contributed by atoms with van der Waals surface area (Å²) in [6.07, 6.45) is 1.60. The number of halogens is 1. The number of rotatable bonds is 6. The van der Waals surface area contributed by atoms with Crippen LogP contribution < -0.4 is 11.1 Å². The van der Waals surface area contributed by atoms with E-state index < -0.39 is 0 Å². The van der Waals surface area contributed by atoms with Crippen molar-refractivity contribution in [3.8, 4) is 5.69 Å². The van der Waals surface area contributed by atoms with Gasteiger partial charge in [-0.2, -0.15) is 5.10 Å². The van der Waals surface area contributed by atoms with E-state index in [4.69, 9.17) is 5.73 Å². The van der Waals surface area contributed by atoms with Crippen molar-refractivity contribution in [2.75, 3.05) is 6.54 Å². The van der Waals surface area contributed by atoms with Crippen LogP contribution in [0.5, 0.6) is 0 Å². The first kappa shape index (κ1) is 21.7. The van der Waals surface area contributed by atoms with Gasteiger partial charge in [-0.15, -0.1) is 12.4 Å².